The molecule has 14 heteroatoms. The molecule has 2 aliphatic rings. The number of ketones is 1. The Hall–Kier alpha value is -4.93. The summed E-state index contributed by atoms with van der Waals surface area (Å²) in [5, 5.41) is 12.9. The number of carbonyl (C=O) groups excluding carboxylic acids is 4. The molecule has 2 aromatic carbocycles. The van der Waals surface area contributed by atoms with Gasteiger partial charge in [0.2, 0.25) is 11.8 Å². The second-order valence-corrected chi connectivity index (χ2v) is 14.2. The third kappa shape index (κ3) is 8.39. The molecule has 4 aromatic rings. The van der Waals surface area contributed by atoms with E-state index in [2.05, 4.69) is 21.4 Å². The Morgan fingerprint density at radius 2 is 1.78 bits per heavy atom. The molecule has 0 aliphatic heterocycles. The molecule has 11 nitrogen and oxygen atoms in total. The number of ether oxygens (including phenoxy) is 2. The van der Waals surface area contributed by atoms with E-state index in [1.165, 1.54) is 43.4 Å². The van der Waals surface area contributed by atoms with Gasteiger partial charge in [0.25, 0.3) is 5.91 Å². The number of benzene rings is 2. The van der Waals surface area contributed by atoms with Gasteiger partial charge >= 0.3 is 6.09 Å². The van der Waals surface area contributed by atoms with E-state index in [9.17, 15) is 24.4 Å². The van der Waals surface area contributed by atoms with Crippen molar-refractivity contribution in [3.8, 4) is 17.7 Å². The Morgan fingerprint density at radius 1 is 1.08 bits per heavy atom. The minimum Gasteiger partial charge on any atom is -0.443 e. The zero-order chi connectivity index (χ0) is 35.7. The van der Waals surface area contributed by atoms with Gasteiger partial charge in [-0.2, -0.15) is 5.26 Å². The van der Waals surface area contributed by atoms with Crippen LogP contribution in [0, 0.1) is 23.1 Å². The molecule has 49 heavy (non-hydrogen) atoms. The summed E-state index contributed by atoms with van der Waals surface area (Å²) in [6.07, 6.45) is 1.78. The number of carbonyl (C=O) groups is 4. The molecule has 0 spiro atoms. The number of nitrogens with one attached hydrogen (secondary N) is 1. The van der Waals surface area contributed by atoms with Gasteiger partial charge in [-0.1, -0.05) is 35.1 Å². The molecule has 1 N–H and O–H groups in total. The Morgan fingerprint density at radius 3 is 2.39 bits per heavy atom. The van der Waals surface area contributed by atoms with E-state index in [-0.39, 0.29) is 39.8 Å². The highest BCUT2D eigenvalue weighted by Crippen LogP contribution is 2.50. The number of anilines is 2. The topological polar surface area (TPSA) is 152 Å². The molecular formula is C35H33ClFN5O6S. The number of hydrogen-bond donors (Lipinski definition) is 1. The minimum absolute atomic E-state index is 0.0117. The first-order valence-corrected chi connectivity index (χ1v) is 16.6. The van der Waals surface area contributed by atoms with Crippen LogP contribution in [0.3, 0.4) is 0 Å². The first-order valence-electron chi connectivity index (χ1n) is 15.4. The van der Waals surface area contributed by atoms with Crippen LogP contribution < -0.4 is 15.0 Å². The molecule has 2 aliphatic carbocycles. The van der Waals surface area contributed by atoms with E-state index in [0.717, 1.165) is 18.9 Å². The maximum absolute atomic E-state index is 15.4. The smallest absolute Gasteiger partial charge is 0.422 e. The lowest BCUT2D eigenvalue weighted by molar-refractivity contribution is -0.117. The molecule has 254 valence electrons. The van der Waals surface area contributed by atoms with Gasteiger partial charge in [-0.05, 0) is 90.1 Å². The summed E-state index contributed by atoms with van der Waals surface area (Å²) in [5.41, 5.74) is -1.32. The Balaban J connectivity index is 0.00000111. The summed E-state index contributed by atoms with van der Waals surface area (Å²) in [5.74, 6) is -1.50. The van der Waals surface area contributed by atoms with Crippen LogP contribution in [0.4, 0.5) is 20.0 Å². The number of halogens is 2. The highest BCUT2D eigenvalue weighted by Gasteiger charge is 2.47. The van der Waals surface area contributed by atoms with Crippen molar-refractivity contribution < 1.29 is 33.0 Å². The molecular weight excluding hydrogens is 673 g/mol. The van der Waals surface area contributed by atoms with Crippen molar-refractivity contribution in [2.75, 3.05) is 10.2 Å². The van der Waals surface area contributed by atoms with Gasteiger partial charge in [0.1, 0.15) is 33.3 Å². The van der Waals surface area contributed by atoms with Crippen LogP contribution in [0.1, 0.15) is 76.2 Å². The summed E-state index contributed by atoms with van der Waals surface area (Å²) in [6.45, 7) is 7.90. The van der Waals surface area contributed by atoms with Crippen LogP contribution in [-0.4, -0.2) is 39.3 Å². The standard InChI is InChI=1S/C32H27ClFN5O5S.C3H6O/c1-31(2,3)44-30(42)39(28(41)19-5-4-6-20(25(19)33)32(16-35)13-14-32)23-15-18(9-10-21(23)34)43-24-12-11-22-27(37-24)45-29(36-22)38-26(40)17-7-8-17;1-3(2)4/h4-6,9-12,15,17H,7-8,13-14H2,1-3H3,(H,36,38,40);1-2H3. The number of nitrogens with zero attached hydrogens (tertiary/aromatic N) is 4. The highest BCUT2D eigenvalue weighted by molar-refractivity contribution is 7.22. The van der Waals surface area contributed by atoms with Crippen molar-refractivity contribution in [2.24, 2.45) is 5.92 Å². The van der Waals surface area contributed by atoms with Crippen LogP contribution in [0.5, 0.6) is 11.6 Å². The number of amides is 3. The van der Waals surface area contributed by atoms with Crippen LogP contribution in [0.25, 0.3) is 10.3 Å². The van der Waals surface area contributed by atoms with Crippen LogP contribution in [0.2, 0.25) is 5.02 Å². The van der Waals surface area contributed by atoms with Crippen molar-refractivity contribution in [1.82, 2.24) is 9.97 Å². The molecule has 0 radical (unpaired) electrons. The summed E-state index contributed by atoms with van der Waals surface area (Å²) >= 11 is 7.83. The number of fused-ring (bicyclic) bond motifs is 1. The molecule has 3 amide bonds. The van der Waals surface area contributed by atoms with Crippen molar-refractivity contribution in [2.45, 2.75) is 71.3 Å². The lowest BCUT2D eigenvalue weighted by Crippen LogP contribution is -2.41. The second kappa shape index (κ2) is 13.9. The van der Waals surface area contributed by atoms with E-state index in [0.29, 0.717) is 38.8 Å². The van der Waals surface area contributed by atoms with Crippen LogP contribution in [-0.2, 0) is 19.7 Å². The van der Waals surface area contributed by atoms with Gasteiger partial charge in [0, 0.05) is 18.1 Å². The molecule has 0 atom stereocenters. The zero-order valence-corrected chi connectivity index (χ0v) is 29.0. The van der Waals surface area contributed by atoms with Gasteiger partial charge in [0.05, 0.1) is 27.8 Å². The van der Waals surface area contributed by atoms with Crippen molar-refractivity contribution in [3.63, 3.8) is 0 Å². The van der Waals surface area contributed by atoms with E-state index >= 15 is 4.39 Å². The summed E-state index contributed by atoms with van der Waals surface area (Å²) in [7, 11) is 0. The SMILES string of the molecule is CC(C)(C)OC(=O)N(C(=O)c1cccc(C2(C#N)CC2)c1Cl)c1cc(Oc2ccc3nc(NC(=O)C4CC4)sc3n2)ccc1F.CC(C)=O. The largest absolute Gasteiger partial charge is 0.443 e. The third-order valence-electron chi connectivity index (χ3n) is 7.28. The molecule has 2 heterocycles. The lowest BCUT2D eigenvalue weighted by atomic mass is 9.95. The van der Waals surface area contributed by atoms with Gasteiger partial charge in [-0.15, -0.1) is 0 Å². The molecule has 2 fully saturated rings. The monoisotopic (exact) mass is 705 g/mol. The average molecular weight is 706 g/mol. The fourth-order valence-corrected chi connectivity index (χ4v) is 5.88. The van der Waals surface area contributed by atoms with Gasteiger partial charge in [-0.25, -0.2) is 24.1 Å². The number of imide groups is 1. The van der Waals surface area contributed by atoms with Crippen molar-refractivity contribution in [3.05, 3.63) is 70.5 Å². The predicted molar refractivity (Wildman–Crippen MR) is 183 cm³/mol. The van der Waals surface area contributed by atoms with Gasteiger partial charge in [0.15, 0.2) is 5.13 Å². The van der Waals surface area contributed by atoms with E-state index < -0.39 is 34.5 Å². The Labute approximate surface area is 291 Å². The maximum Gasteiger partial charge on any atom is 0.422 e. The quantitative estimate of drug-likeness (QED) is 0.200. The highest BCUT2D eigenvalue weighted by atomic mass is 35.5. The number of aromatic nitrogens is 2. The van der Waals surface area contributed by atoms with E-state index in [1.54, 1.807) is 45.0 Å². The van der Waals surface area contributed by atoms with Gasteiger partial charge < -0.3 is 19.6 Å². The van der Waals surface area contributed by atoms with E-state index in [1.807, 2.05) is 0 Å². The summed E-state index contributed by atoms with van der Waals surface area (Å²) < 4.78 is 26.8. The molecule has 2 aromatic heterocycles. The number of Topliss-reactive ketones (excluding diaryl/α,β-unsaturated/α-hetero) is 1. The maximum atomic E-state index is 15.4. The minimum atomic E-state index is -1.13. The number of pyridine rings is 1. The first-order chi connectivity index (χ1) is 23.1. The molecule has 0 bridgehead atoms. The number of nitriles is 1. The van der Waals surface area contributed by atoms with E-state index in [4.69, 9.17) is 21.1 Å². The first kappa shape index (κ1) is 35.4. The summed E-state index contributed by atoms with van der Waals surface area (Å²) in [6, 6.07) is 13.7. The number of hydrogen-bond acceptors (Lipinski definition) is 10. The Bertz CT molecular complexity index is 2010. The predicted octanol–water partition coefficient (Wildman–Crippen LogP) is 8.36. The van der Waals surface area contributed by atoms with Crippen LogP contribution >= 0.6 is 22.9 Å². The number of rotatable bonds is 7. The van der Waals surface area contributed by atoms with Crippen LogP contribution in [0.15, 0.2) is 48.5 Å². The van der Waals surface area contributed by atoms with Crippen molar-refractivity contribution in [1.29, 1.82) is 5.26 Å². The Kier molecular flexibility index (Phi) is 10.0. The summed E-state index contributed by atoms with van der Waals surface area (Å²) in [4.78, 5) is 58.9. The van der Waals surface area contributed by atoms with Gasteiger partial charge in [-0.3, -0.25) is 9.59 Å². The molecule has 0 unspecified atom stereocenters. The fraction of sp³-hybridized carbons (Fsp3) is 0.343. The third-order valence-corrected chi connectivity index (χ3v) is 8.56. The molecule has 0 saturated heterocycles. The van der Waals surface area contributed by atoms with Crippen molar-refractivity contribution >= 4 is 67.8 Å². The molecule has 2 saturated carbocycles. The fourth-order valence-electron chi connectivity index (χ4n) is 4.66. The average Bonchev–Trinajstić information content (AvgIpc) is 3.95. The lowest BCUT2D eigenvalue weighted by Gasteiger charge is -2.27. The molecule has 6 rings (SSSR count). The normalized spacial score (nSPS) is 14.5. The zero-order valence-electron chi connectivity index (χ0n) is 27.4. The number of thiazole rings is 1. The second-order valence-electron chi connectivity index (χ2n) is 12.9.